The quantitative estimate of drug-likeness (QED) is 0.0485. The molecule has 0 fully saturated rings. The van der Waals surface area contributed by atoms with Crippen molar-refractivity contribution in [2.75, 3.05) is 6.61 Å². The van der Waals surface area contributed by atoms with Crippen LogP contribution in [0.5, 0.6) is 0 Å². The number of aliphatic hydroxyl groups is 3. The molecule has 5 nitrogen and oxygen atoms in total. The number of aliphatic hydroxyl groups excluding tert-OH is 3. The van der Waals surface area contributed by atoms with E-state index >= 15 is 0 Å². The second-order valence-electron chi connectivity index (χ2n) is 15.3. The van der Waals surface area contributed by atoms with Crippen molar-refractivity contribution in [3.8, 4) is 0 Å². The van der Waals surface area contributed by atoms with Crippen LogP contribution in [0.4, 0.5) is 0 Å². The Morgan fingerprint density at radius 2 is 0.750 bits per heavy atom. The number of nitrogens with one attached hydrogen (secondary N) is 1. The summed E-state index contributed by atoms with van der Waals surface area (Å²) in [6.07, 6.45) is 43.4. The van der Waals surface area contributed by atoms with E-state index in [1.165, 1.54) is 186 Å². The molecule has 5 heteroatoms. The zero-order valence-corrected chi connectivity index (χ0v) is 32.6. The Bertz CT molecular complexity index is 630. The molecule has 0 aliphatic rings. The summed E-state index contributed by atoms with van der Waals surface area (Å²) in [7, 11) is 0. The van der Waals surface area contributed by atoms with E-state index in [0.29, 0.717) is 12.8 Å². The first-order valence-corrected chi connectivity index (χ1v) is 21.8. The molecule has 48 heavy (non-hydrogen) atoms. The van der Waals surface area contributed by atoms with Gasteiger partial charge in [-0.1, -0.05) is 219 Å². The van der Waals surface area contributed by atoms with Gasteiger partial charge in [0.25, 0.3) is 0 Å². The standard InChI is InChI=1S/C43H87NO4/c1-3-5-7-9-11-13-15-17-18-19-20-21-22-23-25-26-28-30-32-34-36-40(46)38-42(47)41(39-45)44-43(48)37-35-33-31-29-27-24-16-14-12-10-8-6-4-2/h40-42,45-47H,3-39H2,1-2H3,(H,44,48). The lowest BCUT2D eigenvalue weighted by molar-refractivity contribution is -0.123. The van der Waals surface area contributed by atoms with Gasteiger partial charge in [0.2, 0.25) is 5.91 Å². The molecule has 3 atom stereocenters. The van der Waals surface area contributed by atoms with Crippen molar-refractivity contribution < 1.29 is 20.1 Å². The molecule has 0 spiro atoms. The summed E-state index contributed by atoms with van der Waals surface area (Å²) in [6, 6.07) is -0.705. The van der Waals surface area contributed by atoms with Crippen molar-refractivity contribution >= 4 is 5.91 Å². The van der Waals surface area contributed by atoms with Crippen molar-refractivity contribution in [1.29, 1.82) is 0 Å². The van der Waals surface area contributed by atoms with Gasteiger partial charge in [-0.25, -0.2) is 0 Å². The maximum atomic E-state index is 12.4. The topological polar surface area (TPSA) is 89.8 Å². The van der Waals surface area contributed by atoms with Crippen LogP contribution >= 0.6 is 0 Å². The van der Waals surface area contributed by atoms with Gasteiger partial charge in [0.15, 0.2) is 0 Å². The smallest absolute Gasteiger partial charge is 0.220 e. The van der Waals surface area contributed by atoms with Gasteiger partial charge < -0.3 is 20.6 Å². The molecule has 1 amide bonds. The van der Waals surface area contributed by atoms with Crippen LogP contribution in [-0.2, 0) is 4.79 Å². The molecule has 0 aliphatic heterocycles. The fraction of sp³-hybridized carbons (Fsp3) is 0.977. The molecule has 0 saturated carbocycles. The third-order valence-electron chi connectivity index (χ3n) is 10.4. The van der Waals surface area contributed by atoms with Crippen molar-refractivity contribution in [1.82, 2.24) is 5.32 Å². The molecule has 0 aliphatic carbocycles. The van der Waals surface area contributed by atoms with E-state index in [1.54, 1.807) is 0 Å². The summed E-state index contributed by atoms with van der Waals surface area (Å²) < 4.78 is 0. The Hall–Kier alpha value is -0.650. The minimum Gasteiger partial charge on any atom is -0.394 e. The Morgan fingerprint density at radius 3 is 1.06 bits per heavy atom. The number of carbonyl (C=O) groups is 1. The van der Waals surface area contributed by atoms with Gasteiger partial charge in [0, 0.05) is 12.8 Å². The first-order valence-electron chi connectivity index (χ1n) is 21.8. The predicted molar refractivity (Wildman–Crippen MR) is 209 cm³/mol. The van der Waals surface area contributed by atoms with Crippen molar-refractivity contribution in [2.45, 2.75) is 263 Å². The number of hydrogen-bond acceptors (Lipinski definition) is 4. The van der Waals surface area contributed by atoms with Crippen LogP contribution in [0.25, 0.3) is 0 Å². The van der Waals surface area contributed by atoms with Crippen LogP contribution in [0.15, 0.2) is 0 Å². The van der Waals surface area contributed by atoms with E-state index in [0.717, 1.165) is 25.7 Å². The summed E-state index contributed by atoms with van der Waals surface area (Å²) in [4.78, 5) is 12.4. The first-order chi connectivity index (χ1) is 23.5. The van der Waals surface area contributed by atoms with E-state index in [4.69, 9.17) is 0 Å². The molecule has 0 bridgehead atoms. The highest BCUT2D eigenvalue weighted by atomic mass is 16.3. The first kappa shape index (κ1) is 47.4. The maximum absolute atomic E-state index is 12.4. The zero-order chi connectivity index (χ0) is 35.2. The number of amides is 1. The van der Waals surface area contributed by atoms with Crippen molar-refractivity contribution in [2.24, 2.45) is 0 Å². The summed E-state index contributed by atoms with van der Waals surface area (Å²) in [5, 5.41) is 33.5. The predicted octanol–water partition coefficient (Wildman–Crippen LogP) is 12.3. The van der Waals surface area contributed by atoms with Gasteiger partial charge in [-0.05, 0) is 12.8 Å². The summed E-state index contributed by atoms with van der Waals surface area (Å²) in [5.74, 6) is -0.111. The van der Waals surface area contributed by atoms with Crippen LogP contribution < -0.4 is 5.32 Å². The number of rotatable bonds is 40. The van der Waals surface area contributed by atoms with Crippen LogP contribution in [-0.4, -0.2) is 46.1 Å². The van der Waals surface area contributed by atoms with Gasteiger partial charge in [-0.3, -0.25) is 4.79 Å². The van der Waals surface area contributed by atoms with Crippen LogP contribution in [0.2, 0.25) is 0 Å². The lowest BCUT2D eigenvalue weighted by Gasteiger charge is -2.24. The SMILES string of the molecule is CCCCCCCCCCCCCCCCCCCCCCC(O)CC(O)C(CO)NC(=O)CCCCCCCCCCCCCCC. The van der Waals surface area contributed by atoms with E-state index in [9.17, 15) is 20.1 Å². The molecule has 0 aromatic carbocycles. The van der Waals surface area contributed by atoms with Crippen LogP contribution in [0.3, 0.4) is 0 Å². The van der Waals surface area contributed by atoms with E-state index in [2.05, 4.69) is 19.2 Å². The summed E-state index contributed by atoms with van der Waals surface area (Å²) in [5.41, 5.74) is 0. The molecular weight excluding hydrogens is 594 g/mol. The lowest BCUT2D eigenvalue weighted by atomic mass is 9.99. The van der Waals surface area contributed by atoms with E-state index in [-0.39, 0.29) is 18.9 Å². The molecule has 0 aromatic heterocycles. The summed E-state index contributed by atoms with van der Waals surface area (Å²) >= 11 is 0. The fourth-order valence-corrected chi connectivity index (χ4v) is 7.04. The third kappa shape index (κ3) is 35.2. The van der Waals surface area contributed by atoms with Gasteiger partial charge in [0.05, 0.1) is 24.9 Å². The Morgan fingerprint density at radius 1 is 0.458 bits per heavy atom. The summed E-state index contributed by atoms with van der Waals surface area (Å²) in [6.45, 7) is 4.24. The fourth-order valence-electron chi connectivity index (χ4n) is 7.04. The lowest BCUT2D eigenvalue weighted by Crippen LogP contribution is -2.46. The minimum atomic E-state index is -0.925. The Balaban J connectivity index is 3.56. The Labute approximate surface area is 300 Å². The van der Waals surface area contributed by atoms with Gasteiger partial charge in [-0.2, -0.15) is 0 Å². The normalized spacial score (nSPS) is 13.5. The largest absolute Gasteiger partial charge is 0.394 e. The average Bonchev–Trinajstić information content (AvgIpc) is 3.08. The average molecular weight is 682 g/mol. The molecule has 0 heterocycles. The van der Waals surface area contributed by atoms with Crippen LogP contribution in [0, 0.1) is 0 Å². The molecule has 0 aromatic rings. The number of unbranched alkanes of at least 4 members (excludes halogenated alkanes) is 31. The third-order valence-corrected chi connectivity index (χ3v) is 10.4. The molecule has 3 unspecified atom stereocenters. The number of carbonyl (C=O) groups excluding carboxylic acids is 1. The molecule has 0 radical (unpaired) electrons. The molecule has 4 N–H and O–H groups in total. The second kappa shape index (κ2) is 39.1. The second-order valence-corrected chi connectivity index (χ2v) is 15.3. The van der Waals surface area contributed by atoms with Crippen LogP contribution in [0.1, 0.15) is 245 Å². The molecule has 0 rings (SSSR count). The van der Waals surface area contributed by atoms with Gasteiger partial charge in [-0.15, -0.1) is 0 Å². The molecule has 288 valence electrons. The monoisotopic (exact) mass is 682 g/mol. The molecular formula is C43H87NO4. The molecule has 0 saturated heterocycles. The van der Waals surface area contributed by atoms with Gasteiger partial charge >= 0.3 is 0 Å². The Kier molecular flexibility index (Phi) is 38.6. The highest BCUT2D eigenvalue weighted by molar-refractivity contribution is 5.76. The number of hydrogen-bond donors (Lipinski definition) is 4. The van der Waals surface area contributed by atoms with Gasteiger partial charge in [0.1, 0.15) is 0 Å². The van der Waals surface area contributed by atoms with Crippen molar-refractivity contribution in [3.05, 3.63) is 0 Å². The highest BCUT2D eigenvalue weighted by Gasteiger charge is 2.23. The highest BCUT2D eigenvalue weighted by Crippen LogP contribution is 2.17. The zero-order valence-electron chi connectivity index (χ0n) is 32.6. The van der Waals surface area contributed by atoms with E-state index in [1.807, 2.05) is 0 Å². The minimum absolute atomic E-state index is 0.111. The van der Waals surface area contributed by atoms with E-state index < -0.39 is 18.2 Å². The van der Waals surface area contributed by atoms with Crippen molar-refractivity contribution in [3.63, 3.8) is 0 Å². The maximum Gasteiger partial charge on any atom is 0.220 e.